The number of benzene rings is 2. The third-order valence-corrected chi connectivity index (χ3v) is 3.52. The van der Waals surface area contributed by atoms with Crippen LogP contribution in [0.1, 0.15) is 5.56 Å². The fourth-order valence-corrected chi connectivity index (χ4v) is 2.07. The van der Waals surface area contributed by atoms with Gasteiger partial charge in [-0.1, -0.05) is 47.0 Å². The van der Waals surface area contributed by atoms with Gasteiger partial charge in [0.1, 0.15) is 16.5 Å². The Morgan fingerprint density at radius 2 is 1.74 bits per heavy atom. The molecule has 2 aromatic carbocycles. The van der Waals surface area contributed by atoms with Crippen LogP contribution in [0, 0.1) is 0 Å². The van der Waals surface area contributed by atoms with Gasteiger partial charge in [-0.15, -0.1) is 0 Å². The van der Waals surface area contributed by atoms with E-state index >= 15 is 0 Å². The van der Waals surface area contributed by atoms with Gasteiger partial charge in [0.15, 0.2) is 0 Å². The normalized spacial score (nSPS) is 10.3. The number of thiocarbonyl (C=S) groups is 1. The maximum absolute atomic E-state index is 5.93. The molecule has 19 heavy (non-hydrogen) atoms. The van der Waals surface area contributed by atoms with Crippen molar-refractivity contribution in [1.82, 2.24) is 0 Å². The van der Waals surface area contributed by atoms with Crippen LogP contribution < -0.4 is 10.5 Å². The van der Waals surface area contributed by atoms with Crippen molar-refractivity contribution in [2.24, 2.45) is 5.73 Å². The van der Waals surface area contributed by atoms with E-state index in [0.717, 1.165) is 0 Å². The monoisotopic (exact) mass is 331 g/mol. The highest BCUT2D eigenvalue weighted by atomic mass is 35.5. The SMILES string of the molecule is NC(=S)c1ccc(Cl)cc1Oc1ccc(Cl)c(Cl)c1. The van der Waals surface area contributed by atoms with Gasteiger partial charge in [0, 0.05) is 17.2 Å². The van der Waals surface area contributed by atoms with Crippen LogP contribution in [0.4, 0.5) is 0 Å². The second kappa shape index (κ2) is 5.97. The molecule has 0 radical (unpaired) electrons. The van der Waals surface area contributed by atoms with E-state index in [-0.39, 0.29) is 4.99 Å². The predicted molar refractivity (Wildman–Crippen MR) is 83.9 cm³/mol. The minimum atomic E-state index is 0.228. The van der Waals surface area contributed by atoms with Gasteiger partial charge in [0.05, 0.1) is 15.6 Å². The molecule has 6 heteroatoms. The summed E-state index contributed by atoms with van der Waals surface area (Å²) < 4.78 is 5.69. The topological polar surface area (TPSA) is 35.2 Å². The van der Waals surface area contributed by atoms with E-state index in [2.05, 4.69) is 0 Å². The lowest BCUT2D eigenvalue weighted by Crippen LogP contribution is -2.10. The van der Waals surface area contributed by atoms with Gasteiger partial charge in [-0.25, -0.2) is 0 Å². The van der Waals surface area contributed by atoms with Crippen LogP contribution in [-0.2, 0) is 0 Å². The zero-order valence-corrected chi connectivity index (χ0v) is 12.6. The lowest BCUT2D eigenvalue weighted by atomic mass is 10.2. The molecule has 2 rings (SSSR count). The summed E-state index contributed by atoms with van der Waals surface area (Å²) in [5.74, 6) is 0.993. The first-order chi connectivity index (χ1) is 8.97. The first-order valence-corrected chi connectivity index (χ1v) is 6.74. The first kappa shape index (κ1) is 14.4. The molecule has 0 aliphatic heterocycles. The van der Waals surface area contributed by atoms with Crippen molar-refractivity contribution in [3.05, 3.63) is 57.0 Å². The highest BCUT2D eigenvalue weighted by Crippen LogP contribution is 2.32. The quantitative estimate of drug-likeness (QED) is 0.797. The lowest BCUT2D eigenvalue weighted by molar-refractivity contribution is 0.482. The van der Waals surface area contributed by atoms with Gasteiger partial charge in [-0.3, -0.25) is 0 Å². The molecular formula is C13H8Cl3NOS. The van der Waals surface area contributed by atoms with Gasteiger partial charge >= 0.3 is 0 Å². The molecule has 0 saturated heterocycles. The largest absolute Gasteiger partial charge is 0.457 e. The molecule has 2 N–H and O–H groups in total. The van der Waals surface area contributed by atoms with Crippen molar-refractivity contribution in [3.8, 4) is 11.5 Å². The van der Waals surface area contributed by atoms with Crippen LogP contribution >= 0.6 is 47.0 Å². The second-order valence-corrected chi connectivity index (χ2v) is 5.37. The molecule has 0 fully saturated rings. The van der Waals surface area contributed by atoms with E-state index < -0.39 is 0 Å². The number of rotatable bonds is 3. The fraction of sp³-hybridized carbons (Fsp3) is 0. The van der Waals surface area contributed by atoms with Gasteiger partial charge in [0.25, 0.3) is 0 Å². The Bertz CT molecular complexity index is 646. The van der Waals surface area contributed by atoms with Crippen LogP contribution in [-0.4, -0.2) is 4.99 Å². The van der Waals surface area contributed by atoms with Crippen molar-refractivity contribution in [2.45, 2.75) is 0 Å². The van der Waals surface area contributed by atoms with Crippen molar-refractivity contribution in [1.29, 1.82) is 0 Å². The van der Waals surface area contributed by atoms with Crippen LogP contribution in [0.2, 0.25) is 15.1 Å². The fourth-order valence-electron chi connectivity index (χ4n) is 1.45. The maximum Gasteiger partial charge on any atom is 0.139 e. The Morgan fingerprint density at radius 3 is 2.37 bits per heavy atom. The van der Waals surface area contributed by atoms with E-state index in [0.29, 0.717) is 32.1 Å². The van der Waals surface area contributed by atoms with E-state index in [9.17, 15) is 0 Å². The van der Waals surface area contributed by atoms with Crippen molar-refractivity contribution < 1.29 is 4.74 Å². The summed E-state index contributed by atoms with van der Waals surface area (Å²) in [5.41, 5.74) is 6.24. The molecule has 0 heterocycles. The van der Waals surface area contributed by atoms with Crippen LogP contribution in [0.25, 0.3) is 0 Å². The molecule has 0 aromatic heterocycles. The molecule has 0 aliphatic rings. The third-order valence-electron chi connectivity index (χ3n) is 2.33. The summed E-state index contributed by atoms with van der Waals surface area (Å²) in [6.45, 7) is 0. The standard InChI is InChI=1S/C13H8Cl3NOS/c14-7-1-3-9(13(17)19)12(5-7)18-8-2-4-10(15)11(16)6-8/h1-6H,(H2,17,19). The Morgan fingerprint density at radius 1 is 1.00 bits per heavy atom. The number of hydrogen-bond acceptors (Lipinski definition) is 2. The molecule has 0 bridgehead atoms. The van der Waals surface area contributed by atoms with Crippen LogP contribution in [0.5, 0.6) is 11.5 Å². The number of nitrogens with two attached hydrogens (primary N) is 1. The molecule has 0 spiro atoms. The van der Waals surface area contributed by atoms with E-state index in [1.54, 1.807) is 36.4 Å². The molecule has 0 amide bonds. The Balaban J connectivity index is 2.39. The summed E-state index contributed by atoms with van der Waals surface area (Å²) in [6, 6.07) is 9.98. The highest BCUT2D eigenvalue weighted by molar-refractivity contribution is 7.80. The average Bonchev–Trinajstić information content (AvgIpc) is 2.33. The summed E-state index contributed by atoms with van der Waals surface area (Å²) in [5, 5.41) is 1.38. The van der Waals surface area contributed by atoms with E-state index in [1.807, 2.05) is 0 Å². The zero-order chi connectivity index (χ0) is 14.0. The number of ether oxygens (including phenoxy) is 1. The molecule has 0 saturated carbocycles. The maximum atomic E-state index is 5.93. The Kier molecular flexibility index (Phi) is 4.53. The van der Waals surface area contributed by atoms with Crippen molar-refractivity contribution in [3.63, 3.8) is 0 Å². The van der Waals surface area contributed by atoms with Gasteiger partial charge in [0.2, 0.25) is 0 Å². The van der Waals surface area contributed by atoms with Gasteiger partial charge in [-0.2, -0.15) is 0 Å². The predicted octanol–water partition coefficient (Wildman–Crippen LogP) is 5.07. The molecule has 2 aromatic rings. The molecule has 0 unspecified atom stereocenters. The lowest BCUT2D eigenvalue weighted by Gasteiger charge is -2.11. The van der Waals surface area contributed by atoms with Crippen LogP contribution in [0.15, 0.2) is 36.4 Å². The number of hydrogen-bond donors (Lipinski definition) is 1. The van der Waals surface area contributed by atoms with Gasteiger partial charge < -0.3 is 10.5 Å². The third kappa shape index (κ3) is 3.51. The van der Waals surface area contributed by atoms with Gasteiger partial charge in [-0.05, 0) is 24.3 Å². The average molecular weight is 333 g/mol. The minimum absolute atomic E-state index is 0.228. The van der Waals surface area contributed by atoms with Crippen molar-refractivity contribution >= 4 is 52.0 Å². The summed E-state index contributed by atoms with van der Waals surface area (Å²) in [6.07, 6.45) is 0. The van der Waals surface area contributed by atoms with E-state index in [1.165, 1.54) is 0 Å². The van der Waals surface area contributed by atoms with E-state index in [4.69, 9.17) is 57.5 Å². The smallest absolute Gasteiger partial charge is 0.139 e. The molecule has 0 aliphatic carbocycles. The summed E-state index contributed by atoms with van der Waals surface area (Å²) in [4.78, 5) is 0.228. The summed E-state index contributed by atoms with van der Waals surface area (Å²) in [7, 11) is 0. The molecular weight excluding hydrogens is 325 g/mol. The molecule has 0 atom stereocenters. The highest BCUT2D eigenvalue weighted by Gasteiger charge is 2.09. The molecule has 98 valence electrons. The molecule has 2 nitrogen and oxygen atoms in total. The Hall–Kier alpha value is -1.000. The van der Waals surface area contributed by atoms with Crippen LogP contribution in [0.3, 0.4) is 0 Å². The van der Waals surface area contributed by atoms with Crippen molar-refractivity contribution in [2.75, 3.05) is 0 Å². The first-order valence-electron chi connectivity index (χ1n) is 5.19. The zero-order valence-electron chi connectivity index (χ0n) is 9.49. The second-order valence-electron chi connectivity index (χ2n) is 3.68. The minimum Gasteiger partial charge on any atom is -0.457 e. The Labute approximate surface area is 131 Å². The summed E-state index contributed by atoms with van der Waals surface area (Å²) >= 11 is 22.7. The number of halogens is 3.